The maximum absolute atomic E-state index is 13.7. The van der Waals surface area contributed by atoms with E-state index in [4.69, 9.17) is 5.73 Å². The molecule has 0 saturated heterocycles. The Kier molecular flexibility index (Phi) is 5.28. The standard InChI is InChI=1S/C19H13F5N6O/c20-9-1-6-12-13(7-9)30(17(27-12)16(21)22)15-8-14(25)28-19(29-15)26-10-2-4-11(5-3-10)31-18(23)24/h1-8,16,18H,(H3,25,26,28,29). The monoisotopic (exact) mass is 436 g/mol. The summed E-state index contributed by atoms with van der Waals surface area (Å²) >= 11 is 0. The average molecular weight is 436 g/mol. The second kappa shape index (κ2) is 8.05. The normalized spacial score (nSPS) is 11.5. The largest absolute Gasteiger partial charge is 0.435 e. The van der Waals surface area contributed by atoms with Crippen LogP contribution in [0.3, 0.4) is 0 Å². The van der Waals surface area contributed by atoms with E-state index in [0.29, 0.717) is 5.69 Å². The topological polar surface area (TPSA) is 90.9 Å². The minimum atomic E-state index is -2.97. The third-order valence-corrected chi connectivity index (χ3v) is 4.13. The van der Waals surface area contributed by atoms with Crippen LogP contribution in [0.25, 0.3) is 16.9 Å². The van der Waals surface area contributed by atoms with Gasteiger partial charge in [-0.15, -0.1) is 0 Å². The van der Waals surface area contributed by atoms with Gasteiger partial charge in [-0.25, -0.2) is 18.2 Å². The number of nitrogens with one attached hydrogen (secondary N) is 1. The first-order valence-corrected chi connectivity index (χ1v) is 8.73. The highest BCUT2D eigenvalue weighted by Gasteiger charge is 2.22. The minimum Gasteiger partial charge on any atom is -0.435 e. The summed E-state index contributed by atoms with van der Waals surface area (Å²) in [6.07, 6.45) is -2.97. The number of fused-ring (bicyclic) bond motifs is 1. The van der Waals surface area contributed by atoms with Gasteiger partial charge in [-0.1, -0.05) is 0 Å². The Labute approximate surface area is 171 Å². The van der Waals surface area contributed by atoms with Crippen molar-refractivity contribution < 1.29 is 26.7 Å². The molecule has 2 aromatic heterocycles. The van der Waals surface area contributed by atoms with Gasteiger partial charge in [0.25, 0.3) is 6.43 Å². The average Bonchev–Trinajstić information content (AvgIpc) is 3.07. The summed E-state index contributed by atoms with van der Waals surface area (Å²) in [6.45, 7) is -2.96. The van der Waals surface area contributed by atoms with Gasteiger partial charge >= 0.3 is 6.61 Å². The second-order valence-corrected chi connectivity index (χ2v) is 6.24. The predicted molar refractivity (Wildman–Crippen MR) is 102 cm³/mol. The van der Waals surface area contributed by atoms with Crippen LogP contribution < -0.4 is 15.8 Å². The number of halogens is 5. The third-order valence-electron chi connectivity index (χ3n) is 4.13. The summed E-state index contributed by atoms with van der Waals surface area (Å²) in [6, 6.07) is 10.1. The van der Waals surface area contributed by atoms with E-state index in [1.54, 1.807) is 0 Å². The zero-order chi connectivity index (χ0) is 22.1. The lowest BCUT2D eigenvalue weighted by molar-refractivity contribution is -0.0498. The summed E-state index contributed by atoms with van der Waals surface area (Å²) in [5.74, 6) is -1.50. The van der Waals surface area contributed by atoms with Gasteiger partial charge in [-0.2, -0.15) is 18.7 Å². The van der Waals surface area contributed by atoms with E-state index < -0.39 is 24.7 Å². The van der Waals surface area contributed by atoms with Crippen LogP contribution >= 0.6 is 0 Å². The van der Waals surface area contributed by atoms with Crippen LogP contribution in [0.5, 0.6) is 5.75 Å². The number of nitrogens with two attached hydrogens (primary N) is 1. The van der Waals surface area contributed by atoms with Crippen molar-refractivity contribution >= 4 is 28.5 Å². The molecule has 3 N–H and O–H groups in total. The molecule has 0 radical (unpaired) electrons. The number of ether oxygens (including phenoxy) is 1. The molecule has 0 atom stereocenters. The number of benzene rings is 2. The van der Waals surface area contributed by atoms with Crippen molar-refractivity contribution in [2.24, 2.45) is 0 Å². The molecular weight excluding hydrogens is 423 g/mol. The summed E-state index contributed by atoms with van der Waals surface area (Å²) in [7, 11) is 0. The van der Waals surface area contributed by atoms with E-state index in [1.165, 1.54) is 36.4 Å². The first-order chi connectivity index (χ1) is 14.8. The fourth-order valence-corrected chi connectivity index (χ4v) is 2.93. The number of anilines is 3. The molecule has 4 aromatic rings. The molecule has 4 rings (SSSR count). The van der Waals surface area contributed by atoms with Crippen molar-refractivity contribution in [2.75, 3.05) is 11.1 Å². The molecule has 2 aromatic carbocycles. The molecule has 12 heteroatoms. The molecule has 0 aliphatic carbocycles. The summed E-state index contributed by atoms with van der Waals surface area (Å²) < 4.78 is 70.7. The van der Waals surface area contributed by atoms with Crippen molar-refractivity contribution in [3.8, 4) is 11.6 Å². The molecule has 0 aliphatic rings. The molecule has 0 fully saturated rings. The van der Waals surface area contributed by atoms with E-state index >= 15 is 0 Å². The number of hydrogen-bond donors (Lipinski definition) is 2. The molecule has 2 heterocycles. The quantitative estimate of drug-likeness (QED) is 0.421. The van der Waals surface area contributed by atoms with Crippen molar-refractivity contribution in [2.45, 2.75) is 13.0 Å². The van der Waals surface area contributed by atoms with Gasteiger partial charge in [0, 0.05) is 17.8 Å². The van der Waals surface area contributed by atoms with E-state index in [1.807, 2.05) is 0 Å². The molecule has 0 bridgehead atoms. The maximum Gasteiger partial charge on any atom is 0.387 e. The van der Waals surface area contributed by atoms with Crippen LogP contribution in [0.15, 0.2) is 48.5 Å². The Morgan fingerprint density at radius 3 is 2.35 bits per heavy atom. The van der Waals surface area contributed by atoms with Crippen LogP contribution in [0.1, 0.15) is 12.2 Å². The van der Waals surface area contributed by atoms with E-state index in [9.17, 15) is 22.0 Å². The molecule has 0 spiro atoms. The number of imidazole rings is 1. The number of aromatic nitrogens is 4. The highest BCUT2D eigenvalue weighted by molar-refractivity contribution is 5.78. The van der Waals surface area contributed by atoms with Gasteiger partial charge in [0.1, 0.15) is 23.2 Å². The lowest BCUT2D eigenvalue weighted by atomic mass is 10.3. The van der Waals surface area contributed by atoms with E-state index in [-0.39, 0.29) is 34.4 Å². The predicted octanol–water partition coefficient (Wildman–Crippen LogP) is 4.82. The summed E-state index contributed by atoms with van der Waals surface area (Å²) in [5, 5.41) is 2.80. The zero-order valence-corrected chi connectivity index (χ0v) is 15.4. The summed E-state index contributed by atoms with van der Waals surface area (Å²) in [4.78, 5) is 12.0. The third kappa shape index (κ3) is 4.32. The van der Waals surface area contributed by atoms with Crippen molar-refractivity contribution in [3.63, 3.8) is 0 Å². The minimum absolute atomic E-state index is 0.0522. The highest BCUT2D eigenvalue weighted by atomic mass is 19.3. The van der Waals surface area contributed by atoms with E-state index in [2.05, 4.69) is 25.0 Å². The Bertz CT molecular complexity index is 1230. The number of rotatable bonds is 6. The van der Waals surface area contributed by atoms with Gasteiger partial charge in [0.15, 0.2) is 5.82 Å². The van der Waals surface area contributed by atoms with Crippen molar-refractivity contribution in [1.82, 2.24) is 19.5 Å². The Morgan fingerprint density at radius 2 is 1.68 bits per heavy atom. The lowest BCUT2D eigenvalue weighted by Gasteiger charge is -2.12. The molecule has 0 saturated carbocycles. The van der Waals surface area contributed by atoms with Gasteiger partial charge in [0.2, 0.25) is 5.95 Å². The molecule has 0 unspecified atom stereocenters. The smallest absolute Gasteiger partial charge is 0.387 e. The van der Waals surface area contributed by atoms with Gasteiger partial charge < -0.3 is 15.8 Å². The molecule has 0 amide bonds. The zero-order valence-electron chi connectivity index (χ0n) is 15.4. The van der Waals surface area contributed by atoms with Gasteiger partial charge in [0.05, 0.1) is 11.0 Å². The van der Waals surface area contributed by atoms with E-state index in [0.717, 1.165) is 16.7 Å². The SMILES string of the molecule is Nc1cc(-n2c(C(F)F)nc3ccc(F)cc32)nc(Nc2ccc(OC(F)F)cc2)n1. The van der Waals surface area contributed by atoms with Gasteiger partial charge in [-0.3, -0.25) is 4.57 Å². The first kappa shape index (κ1) is 20.3. The van der Waals surface area contributed by atoms with Crippen molar-refractivity contribution in [3.05, 3.63) is 60.2 Å². The Morgan fingerprint density at radius 1 is 0.935 bits per heavy atom. The Hall–Kier alpha value is -3.96. The van der Waals surface area contributed by atoms with Crippen LogP contribution in [0.4, 0.5) is 39.4 Å². The van der Waals surface area contributed by atoms with Crippen LogP contribution in [0, 0.1) is 5.82 Å². The fourth-order valence-electron chi connectivity index (χ4n) is 2.93. The Balaban J connectivity index is 1.73. The van der Waals surface area contributed by atoms with Gasteiger partial charge in [-0.05, 0) is 36.4 Å². The summed E-state index contributed by atoms with van der Waals surface area (Å²) in [5.41, 5.74) is 6.43. The molecule has 160 valence electrons. The fraction of sp³-hybridized carbons (Fsp3) is 0.105. The first-order valence-electron chi connectivity index (χ1n) is 8.73. The molecule has 7 nitrogen and oxygen atoms in total. The molecule has 31 heavy (non-hydrogen) atoms. The number of nitrogen functional groups attached to an aromatic ring is 1. The van der Waals surface area contributed by atoms with Crippen LogP contribution in [-0.4, -0.2) is 26.1 Å². The van der Waals surface area contributed by atoms with Crippen LogP contribution in [-0.2, 0) is 0 Å². The highest BCUT2D eigenvalue weighted by Crippen LogP contribution is 2.29. The number of nitrogens with zero attached hydrogens (tertiary/aromatic N) is 4. The van der Waals surface area contributed by atoms with Crippen molar-refractivity contribution in [1.29, 1.82) is 0 Å². The molecular formula is C19H13F5N6O. The second-order valence-electron chi connectivity index (χ2n) is 6.24. The maximum atomic E-state index is 13.7. The van der Waals surface area contributed by atoms with Crippen LogP contribution in [0.2, 0.25) is 0 Å². The number of hydrogen-bond acceptors (Lipinski definition) is 6. The lowest BCUT2D eigenvalue weighted by Crippen LogP contribution is -2.08. The number of alkyl halides is 4. The molecule has 0 aliphatic heterocycles.